The largest absolute Gasteiger partial charge is 0.443 e. The summed E-state index contributed by atoms with van der Waals surface area (Å²) in [5.74, 6) is 1.99. The molecule has 3 rings (SSSR count). The van der Waals surface area contributed by atoms with E-state index in [1.165, 1.54) is 6.07 Å². The second kappa shape index (κ2) is 9.24. The number of benzene rings is 1. The minimum Gasteiger partial charge on any atom is -0.443 e. The Kier molecular flexibility index (Phi) is 7.47. The summed E-state index contributed by atoms with van der Waals surface area (Å²) in [4.78, 5) is 8.91. The lowest BCUT2D eigenvalue weighted by molar-refractivity contribution is 0.383. The third kappa shape index (κ3) is 5.68. The molecule has 154 valence electrons. The fourth-order valence-corrected chi connectivity index (χ4v) is 3.01. The quantitative estimate of drug-likeness (QED) is 0.348. The van der Waals surface area contributed by atoms with Crippen LogP contribution in [0.3, 0.4) is 0 Å². The first-order valence-electron chi connectivity index (χ1n) is 9.56. The van der Waals surface area contributed by atoms with Crippen molar-refractivity contribution in [3.8, 4) is 0 Å². The number of hydrogen-bond donors (Lipinski definition) is 2. The Morgan fingerprint density at radius 2 is 2.04 bits per heavy atom. The summed E-state index contributed by atoms with van der Waals surface area (Å²) >= 11 is 0. The predicted molar refractivity (Wildman–Crippen MR) is 121 cm³/mol. The van der Waals surface area contributed by atoms with Crippen LogP contribution in [-0.2, 0) is 17.4 Å². The molecule has 28 heavy (non-hydrogen) atoms. The molecule has 0 saturated heterocycles. The highest BCUT2D eigenvalue weighted by Gasteiger charge is 2.44. The van der Waals surface area contributed by atoms with E-state index in [9.17, 15) is 4.39 Å². The number of halogens is 2. The molecule has 0 amide bonds. The molecule has 1 aliphatic rings. The van der Waals surface area contributed by atoms with E-state index >= 15 is 0 Å². The Balaban J connectivity index is 0.00000280. The van der Waals surface area contributed by atoms with Crippen molar-refractivity contribution in [1.29, 1.82) is 0 Å². The van der Waals surface area contributed by atoms with E-state index in [2.05, 4.69) is 41.4 Å². The molecule has 5 nitrogen and oxygen atoms in total. The normalized spacial score (nSPS) is 15.7. The van der Waals surface area contributed by atoms with Gasteiger partial charge in [0.1, 0.15) is 18.1 Å². The van der Waals surface area contributed by atoms with Gasteiger partial charge in [0.25, 0.3) is 0 Å². The minimum atomic E-state index is -0.183. The number of oxazole rings is 1. The van der Waals surface area contributed by atoms with Crippen LogP contribution in [-0.4, -0.2) is 24.0 Å². The topological polar surface area (TPSA) is 62.5 Å². The summed E-state index contributed by atoms with van der Waals surface area (Å²) < 4.78 is 19.4. The van der Waals surface area contributed by atoms with Gasteiger partial charge in [-0.3, -0.25) is 0 Å². The van der Waals surface area contributed by atoms with Gasteiger partial charge in [-0.1, -0.05) is 32.9 Å². The van der Waals surface area contributed by atoms with Crippen LogP contribution in [0.5, 0.6) is 0 Å². The Morgan fingerprint density at radius 3 is 2.61 bits per heavy atom. The highest BCUT2D eigenvalue weighted by Crippen LogP contribution is 2.47. The molecule has 0 bridgehead atoms. The fourth-order valence-electron chi connectivity index (χ4n) is 3.01. The molecule has 0 aliphatic heterocycles. The Labute approximate surface area is 183 Å². The summed E-state index contributed by atoms with van der Waals surface area (Å²) in [7, 11) is 0. The van der Waals surface area contributed by atoms with E-state index in [-0.39, 0.29) is 40.6 Å². The Hall–Kier alpha value is -1.64. The van der Waals surface area contributed by atoms with E-state index in [0.717, 1.165) is 43.2 Å². The molecule has 1 saturated carbocycles. The summed E-state index contributed by atoms with van der Waals surface area (Å²) in [5, 5.41) is 6.64. The van der Waals surface area contributed by atoms with Gasteiger partial charge in [0.15, 0.2) is 5.96 Å². The molecule has 7 heteroatoms. The second-order valence-corrected chi connectivity index (χ2v) is 8.21. The molecule has 0 radical (unpaired) electrons. The fraction of sp³-hybridized carbons (Fsp3) is 0.524. The lowest BCUT2D eigenvalue weighted by atomic mass is 9.94. The van der Waals surface area contributed by atoms with Gasteiger partial charge in [0.05, 0.1) is 6.20 Å². The maximum Gasteiger partial charge on any atom is 0.216 e. The standard InChI is InChI=1S/C21H29FN4O.HI/c1-5-23-19(25-13-18-24-12-17(27-18)20(2,3)4)26-14-21(9-10-21)15-7-6-8-16(22)11-15;/h6-8,11-12H,5,9-10,13-14H2,1-4H3,(H2,23,25,26);1H. The van der Waals surface area contributed by atoms with Crippen molar-refractivity contribution < 1.29 is 8.81 Å². The molecule has 1 fully saturated rings. The van der Waals surface area contributed by atoms with Gasteiger partial charge in [0, 0.05) is 23.9 Å². The molecule has 1 aliphatic carbocycles. The summed E-state index contributed by atoms with van der Waals surface area (Å²) in [5.41, 5.74) is 0.982. The van der Waals surface area contributed by atoms with Crippen molar-refractivity contribution in [3.63, 3.8) is 0 Å². The minimum absolute atomic E-state index is 0. The molecule has 0 unspecified atom stereocenters. The molecule has 2 aromatic rings. The molecule has 1 heterocycles. The zero-order chi connectivity index (χ0) is 19.5. The van der Waals surface area contributed by atoms with Crippen molar-refractivity contribution in [2.45, 2.75) is 57.9 Å². The van der Waals surface area contributed by atoms with E-state index in [1.54, 1.807) is 18.3 Å². The summed E-state index contributed by atoms with van der Waals surface area (Å²) in [6.45, 7) is 10.2. The maximum absolute atomic E-state index is 13.6. The van der Waals surface area contributed by atoms with E-state index in [4.69, 9.17) is 4.42 Å². The third-order valence-electron chi connectivity index (χ3n) is 4.89. The summed E-state index contributed by atoms with van der Waals surface area (Å²) in [6, 6.07) is 6.91. The van der Waals surface area contributed by atoms with Gasteiger partial charge in [-0.05, 0) is 37.5 Å². The zero-order valence-electron chi connectivity index (χ0n) is 17.0. The van der Waals surface area contributed by atoms with Gasteiger partial charge >= 0.3 is 0 Å². The van der Waals surface area contributed by atoms with E-state index in [1.807, 2.05) is 13.0 Å². The first kappa shape index (κ1) is 22.6. The molecular formula is C21H30FIN4O. The molecular weight excluding hydrogens is 470 g/mol. The molecule has 2 N–H and O–H groups in total. The van der Waals surface area contributed by atoms with Crippen LogP contribution in [0, 0.1) is 5.82 Å². The number of guanidine groups is 1. The van der Waals surface area contributed by atoms with Crippen molar-refractivity contribution in [2.75, 3.05) is 13.1 Å². The predicted octanol–water partition coefficient (Wildman–Crippen LogP) is 4.52. The van der Waals surface area contributed by atoms with E-state index < -0.39 is 0 Å². The monoisotopic (exact) mass is 500 g/mol. The first-order valence-corrected chi connectivity index (χ1v) is 9.56. The number of nitrogens with one attached hydrogen (secondary N) is 2. The van der Waals surface area contributed by atoms with Crippen molar-refractivity contribution in [2.24, 2.45) is 4.99 Å². The van der Waals surface area contributed by atoms with Gasteiger partial charge < -0.3 is 15.1 Å². The lowest BCUT2D eigenvalue weighted by Gasteiger charge is -2.19. The van der Waals surface area contributed by atoms with E-state index in [0.29, 0.717) is 12.4 Å². The van der Waals surface area contributed by atoms with Gasteiger partial charge in [-0.2, -0.15) is 0 Å². The average molecular weight is 500 g/mol. The average Bonchev–Trinajstić information content (AvgIpc) is 3.25. The maximum atomic E-state index is 13.6. The first-order chi connectivity index (χ1) is 12.8. The third-order valence-corrected chi connectivity index (χ3v) is 4.89. The SMILES string of the molecule is CCNC(=NCc1ncc(C(C)(C)C)o1)NCC1(c2cccc(F)c2)CC1.I. The molecule has 0 atom stereocenters. The Bertz CT molecular complexity index is 809. The van der Waals surface area contributed by atoms with Crippen molar-refractivity contribution >= 4 is 29.9 Å². The smallest absolute Gasteiger partial charge is 0.216 e. The van der Waals surface area contributed by atoms with Crippen LogP contribution < -0.4 is 10.6 Å². The second-order valence-electron chi connectivity index (χ2n) is 8.21. The van der Waals surface area contributed by atoms with Gasteiger partial charge in [-0.15, -0.1) is 24.0 Å². The van der Waals surface area contributed by atoms with Crippen LogP contribution >= 0.6 is 24.0 Å². The van der Waals surface area contributed by atoms with Crippen LogP contribution in [0.4, 0.5) is 4.39 Å². The lowest BCUT2D eigenvalue weighted by Crippen LogP contribution is -2.41. The highest BCUT2D eigenvalue weighted by molar-refractivity contribution is 14.0. The Morgan fingerprint density at radius 1 is 1.29 bits per heavy atom. The van der Waals surface area contributed by atoms with Gasteiger partial charge in [0.2, 0.25) is 5.89 Å². The van der Waals surface area contributed by atoms with Crippen molar-refractivity contribution in [3.05, 3.63) is 53.5 Å². The van der Waals surface area contributed by atoms with Crippen LogP contribution in [0.2, 0.25) is 0 Å². The van der Waals surface area contributed by atoms with Crippen LogP contribution in [0.15, 0.2) is 39.9 Å². The zero-order valence-corrected chi connectivity index (χ0v) is 19.3. The number of hydrogen-bond acceptors (Lipinski definition) is 3. The van der Waals surface area contributed by atoms with Crippen LogP contribution in [0.1, 0.15) is 57.8 Å². The van der Waals surface area contributed by atoms with Crippen molar-refractivity contribution in [1.82, 2.24) is 15.6 Å². The summed E-state index contributed by atoms with van der Waals surface area (Å²) in [6.07, 6.45) is 3.88. The highest BCUT2D eigenvalue weighted by atomic mass is 127. The number of nitrogens with zero attached hydrogens (tertiary/aromatic N) is 2. The van der Waals surface area contributed by atoms with Gasteiger partial charge in [-0.25, -0.2) is 14.4 Å². The number of rotatable bonds is 6. The number of aromatic nitrogens is 1. The molecule has 1 aromatic carbocycles. The number of aliphatic imine (C=N–C) groups is 1. The molecule has 0 spiro atoms. The van der Waals surface area contributed by atoms with Crippen LogP contribution in [0.25, 0.3) is 0 Å². The molecule has 1 aromatic heterocycles.